The molecule has 18 heavy (non-hydrogen) atoms. The molecular formula is C12H17N3O3. The number of nitrogens with two attached hydrogens (primary N) is 1. The molecule has 6 nitrogen and oxygen atoms in total. The Morgan fingerprint density at radius 3 is 3.00 bits per heavy atom. The third kappa shape index (κ3) is 2.47. The van der Waals surface area contributed by atoms with Crippen LogP contribution in [0.25, 0.3) is 0 Å². The monoisotopic (exact) mass is 251 g/mol. The van der Waals surface area contributed by atoms with Crippen molar-refractivity contribution in [3.63, 3.8) is 0 Å². The third-order valence-corrected chi connectivity index (χ3v) is 3.32. The molecule has 0 aromatic carbocycles. The van der Waals surface area contributed by atoms with E-state index in [0.717, 1.165) is 19.3 Å². The van der Waals surface area contributed by atoms with Gasteiger partial charge in [-0.2, -0.15) is 0 Å². The van der Waals surface area contributed by atoms with Crippen molar-refractivity contribution in [2.24, 2.45) is 16.8 Å². The highest BCUT2D eigenvalue weighted by Crippen LogP contribution is 2.26. The second-order valence-corrected chi connectivity index (χ2v) is 4.59. The van der Waals surface area contributed by atoms with E-state index in [-0.39, 0.29) is 23.7 Å². The highest BCUT2D eigenvalue weighted by atomic mass is 16.4. The molecule has 98 valence electrons. The molecule has 0 saturated heterocycles. The minimum atomic E-state index is -0.186. The average molecular weight is 251 g/mol. The SMILES string of the molecule is Cc1cc(C(=O)NC2CCCC2C(N)=NO)co1. The Kier molecular flexibility index (Phi) is 3.55. The van der Waals surface area contributed by atoms with Gasteiger partial charge >= 0.3 is 0 Å². The molecule has 1 aromatic heterocycles. The Bertz CT molecular complexity index is 467. The molecule has 2 atom stereocenters. The van der Waals surface area contributed by atoms with E-state index in [0.29, 0.717) is 11.3 Å². The smallest absolute Gasteiger partial charge is 0.254 e. The van der Waals surface area contributed by atoms with Gasteiger partial charge in [-0.15, -0.1) is 0 Å². The first-order valence-corrected chi connectivity index (χ1v) is 5.95. The van der Waals surface area contributed by atoms with E-state index in [1.165, 1.54) is 6.26 Å². The molecule has 1 aromatic rings. The summed E-state index contributed by atoms with van der Waals surface area (Å²) in [6.45, 7) is 1.78. The van der Waals surface area contributed by atoms with Crippen molar-refractivity contribution in [3.05, 3.63) is 23.7 Å². The van der Waals surface area contributed by atoms with Crippen molar-refractivity contribution >= 4 is 11.7 Å². The predicted octanol–water partition coefficient (Wildman–Crippen LogP) is 1.23. The summed E-state index contributed by atoms with van der Waals surface area (Å²) in [6.07, 6.45) is 4.04. The molecule has 1 amide bonds. The van der Waals surface area contributed by atoms with Crippen LogP contribution in [0.2, 0.25) is 0 Å². The minimum Gasteiger partial charge on any atom is -0.469 e. The van der Waals surface area contributed by atoms with Crippen molar-refractivity contribution in [2.75, 3.05) is 0 Å². The van der Waals surface area contributed by atoms with Crippen molar-refractivity contribution < 1.29 is 14.4 Å². The number of hydrogen-bond donors (Lipinski definition) is 3. The van der Waals surface area contributed by atoms with Gasteiger partial charge in [0.25, 0.3) is 5.91 Å². The first-order valence-electron chi connectivity index (χ1n) is 5.95. The normalized spacial score (nSPS) is 24.2. The molecular weight excluding hydrogens is 234 g/mol. The lowest BCUT2D eigenvalue weighted by molar-refractivity contribution is 0.0932. The number of amides is 1. The van der Waals surface area contributed by atoms with E-state index in [1.54, 1.807) is 13.0 Å². The van der Waals surface area contributed by atoms with Crippen LogP contribution < -0.4 is 11.1 Å². The summed E-state index contributed by atoms with van der Waals surface area (Å²) in [5.74, 6) is 0.599. The number of furan rings is 1. The lowest BCUT2D eigenvalue weighted by Gasteiger charge is -2.19. The molecule has 1 fully saturated rings. The quantitative estimate of drug-likeness (QED) is 0.325. The summed E-state index contributed by atoms with van der Waals surface area (Å²) in [4.78, 5) is 12.0. The van der Waals surface area contributed by atoms with Crippen molar-refractivity contribution in [3.8, 4) is 0 Å². The summed E-state index contributed by atoms with van der Waals surface area (Å²) < 4.78 is 5.10. The van der Waals surface area contributed by atoms with E-state index >= 15 is 0 Å². The molecule has 1 aliphatic rings. The minimum absolute atomic E-state index is 0.0800. The Morgan fingerprint density at radius 2 is 2.39 bits per heavy atom. The first-order chi connectivity index (χ1) is 8.61. The van der Waals surface area contributed by atoms with E-state index in [1.807, 2.05) is 0 Å². The highest BCUT2D eigenvalue weighted by molar-refractivity contribution is 5.94. The Balaban J connectivity index is 2.03. The zero-order valence-electron chi connectivity index (χ0n) is 10.2. The van der Waals surface area contributed by atoms with Gasteiger partial charge in [-0.1, -0.05) is 11.6 Å². The maximum absolute atomic E-state index is 12.0. The van der Waals surface area contributed by atoms with E-state index in [2.05, 4.69) is 10.5 Å². The fourth-order valence-electron chi connectivity index (χ4n) is 2.38. The van der Waals surface area contributed by atoms with Gasteiger partial charge in [-0.25, -0.2) is 0 Å². The molecule has 2 unspecified atom stereocenters. The Morgan fingerprint density at radius 1 is 1.61 bits per heavy atom. The number of carbonyl (C=O) groups excluding carboxylic acids is 1. The Hall–Kier alpha value is -1.98. The van der Waals surface area contributed by atoms with Gasteiger partial charge in [0.1, 0.15) is 17.9 Å². The third-order valence-electron chi connectivity index (χ3n) is 3.32. The topological polar surface area (TPSA) is 101 Å². The molecule has 1 aliphatic carbocycles. The maximum Gasteiger partial charge on any atom is 0.254 e. The van der Waals surface area contributed by atoms with Gasteiger partial charge in [-0.05, 0) is 25.8 Å². The zero-order valence-corrected chi connectivity index (χ0v) is 10.2. The van der Waals surface area contributed by atoms with Gasteiger partial charge < -0.3 is 20.7 Å². The molecule has 1 heterocycles. The largest absolute Gasteiger partial charge is 0.469 e. The first kappa shape index (κ1) is 12.5. The lowest BCUT2D eigenvalue weighted by Crippen LogP contribution is -2.42. The van der Waals surface area contributed by atoms with Crippen LogP contribution in [0.1, 0.15) is 35.4 Å². The standard InChI is InChI=1S/C12H17N3O3/c1-7-5-8(6-18-7)12(16)14-10-4-2-3-9(10)11(13)15-17/h5-6,9-10,17H,2-4H2,1H3,(H2,13,15)(H,14,16). The number of nitrogens with one attached hydrogen (secondary N) is 1. The number of oxime groups is 1. The highest BCUT2D eigenvalue weighted by Gasteiger charge is 2.32. The fraction of sp³-hybridized carbons (Fsp3) is 0.500. The molecule has 4 N–H and O–H groups in total. The summed E-state index contributed by atoms with van der Waals surface area (Å²) >= 11 is 0. The lowest BCUT2D eigenvalue weighted by atomic mass is 10.0. The van der Waals surface area contributed by atoms with Gasteiger partial charge in [0.05, 0.1) is 5.56 Å². The van der Waals surface area contributed by atoms with Crippen LogP contribution in [-0.2, 0) is 0 Å². The molecule has 2 rings (SSSR count). The van der Waals surface area contributed by atoms with Crippen LogP contribution in [-0.4, -0.2) is 23.0 Å². The predicted molar refractivity (Wildman–Crippen MR) is 65.4 cm³/mol. The van der Waals surface area contributed by atoms with Gasteiger partial charge in [0.2, 0.25) is 0 Å². The summed E-state index contributed by atoms with van der Waals surface area (Å²) in [6, 6.07) is 1.60. The van der Waals surface area contributed by atoms with Crippen LogP contribution in [0, 0.1) is 12.8 Å². The molecule has 6 heteroatoms. The van der Waals surface area contributed by atoms with Crippen LogP contribution >= 0.6 is 0 Å². The van der Waals surface area contributed by atoms with Crippen molar-refractivity contribution in [2.45, 2.75) is 32.2 Å². The van der Waals surface area contributed by atoms with Gasteiger partial charge in [0, 0.05) is 12.0 Å². The number of aryl methyl sites for hydroxylation is 1. The summed E-state index contributed by atoms with van der Waals surface area (Å²) in [7, 11) is 0. The summed E-state index contributed by atoms with van der Waals surface area (Å²) in [5, 5.41) is 14.6. The van der Waals surface area contributed by atoms with Crippen LogP contribution in [0.15, 0.2) is 21.9 Å². The fourth-order valence-corrected chi connectivity index (χ4v) is 2.38. The van der Waals surface area contributed by atoms with Crippen LogP contribution in [0.5, 0.6) is 0 Å². The molecule has 0 radical (unpaired) electrons. The second kappa shape index (κ2) is 5.12. The Labute approximate surface area is 105 Å². The van der Waals surface area contributed by atoms with Gasteiger partial charge in [0.15, 0.2) is 0 Å². The van der Waals surface area contributed by atoms with Crippen LogP contribution in [0.4, 0.5) is 0 Å². The number of hydrogen-bond acceptors (Lipinski definition) is 4. The molecule has 0 spiro atoms. The van der Waals surface area contributed by atoms with E-state index in [4.69, 9.17) is 15.4 Å². The maximum atomic E-state index is 12.0. The summed E-state index contributed by atoms with van der Waals surface area (Å²) in [5.41, 5.74) is 6.12. The van der Waals surface area contributed by atoms with Crippen molar-refractivity contribution in [1.82, 2.24) is 5.32 Å². The number of carbonyl (C=O) groups is 1. The van der Waals surface area contributed by atoms with Crippen molar-refractivity contribution in [1.29, 1.82) is 0 Å². The second-order valence-electron chi connectivity index (χ2n) is 4.59. The number of nitrogens with zero attached hydrogens (tertiary/aromatic N) is 1. The molecule has 0 aliphatic heterocycles. The molecule has 0 bridgehead atoms. The van der Waals surface area contributed by atoms with E-state index in [9.17, 15) is 4.79 Å². The number of amidine groups is 1. The zero-order chi connectivity index (χ0) is 13.1. The van der Waals surface area contributed by atoms with Gasteiger partial charge in [-0.3, -0.25) is 4.79 Å². The average Bonchev–Trinajstić information content (AvgIpc) is 2.97. The number of rotatable bonds is 3. The van der Waals surface area contributed by atoms with E-state index < -0.39 is 0 Å². The molecule has 1 saturated carbocycles. The van der Waals surface area contributed by atoms with Crippen LogP contribution in [0.3, 0.4) is 0 Å².